The fourth-order valence-electron chi connectivity index (χ4n) is 1.88. The van der Waals surface area contributed by atoms with Gasteiger partial charge in [-0.05, 0) is 36.5 Å². The van der Waals surface area contributed by atoms with Gasteiger partial charge in [0.2, 0.25) is 0 Å². The van der Waals surface area contributed by atoms with Crippen LogP contribution < -0.4 is 0 Å². The van der Waals surface area contributed by atoms with Crippen molar-refractivity contribution in [3.8, 4) is 5.69 Å². The predicted molar refractivity (Wildman–Crippen MR) is 77.2 cm³/mol. The zero-order chi connectivity index (χ0) is 12.5. The first-order valence-corrected chi connectivity index (χ1v) is 6.29. The Morgan fingerprint density at radius 3 is 2.28 bits per heavy atom. The number of hydrogen-bond acceptors (Lipinski definition) is 3. The quantitative estimate of drug-likeness (QED) is 0.598. The summed E-state index contributed by atoms with van der Waals surface area (Å²) in [5.74, 6) is 0. The van der Waals surface area contributed by atoms with E-state index in [4.69, 9.17) is 28.9 Å². The summed E-state index contributed by atoms with van der Waals surface area (Å²) in [7, 11) is 0. The summed E-state index contributed by atoms with van der Waals surface area (Å²) in [6, 6.07) is 17.4. The van der Waals surface area contributed by atoms with Gasteiger partial charge in [0.1, 0.15) is 10.2 Å². The van der Waals surface area contributed by atoms with Crippen LogP contribution in [0.3, 0.4) is 0 Å². The molecule has 1 aromatic heterocycles. The van der Waals surface area contributed by atoms with Crippen molar-refractivity contribution >= 4 is 35.4 Å². The molecule has 18 heavy (non-hydrogen) atoms. The van der Waals surface area contributed by atoms with Gasteiger partial charge in [-0.2, -0.15) is 0 Å². The average Bonchev–Trinajstić information content (AvgIpc) is 2.40. The molecule has 0 bridgehead atoms. The number of rotatable bonds is 1. The molecule has 0 saturated heterocycles. The van der Waals surface area contributed by atoms with E-state index in [0.29, 0.717) is 9.48 Å². The lowest BCUT2D eigenvalue weighted by Crippen LogP contribution is -1.98. The van der Waals surface area contributed by atoms with Crippen LogP contribution in [0.4, 0.5) is 0 Å². The second-order valence-corrected chi connectivity index (χ2v) is 4.58. The van der Waals surface area contributed by atoms with E-state index in [-0.39, 0.29) is 0 Å². The molecular formula is C14H9NOS2. The molecule has 0 radical (unpaired) electrons. The van der Waals surface area contributed by atoms with Gasteiger partial charge in [0, 0.05) is 0 Å². The molecule has 1 heterocycles. The Labute approximate surface area is 114 Å². The van der Waals surface area contributed by atoms with Gasteiger partial charge in [0.15, 0.2) is 0 Å². The number of aromatic nitrogens is 1. The van der Waals surface area contributed by atoms with Crippen LogP contribution in [0.1, 0.15) is 0 Å². The summed E-state index contributed by atoms with van der Waals surface area (Å²) in [6.07, 6.45) is 0. The van der Waals surface area contributed by atoms with Crippen molar-refractivity contribution in [3.05, 3.63) is 64.1 Å². The molecule has 0 aliphatic rings. The van der Waals surface area contributed by atoms with E-state index in [9.17, 15) is 0 Å². The topological polar surface area (TPSA) is 18.1 Å². The first-order chi connectivity index (χ1) is 8.77. The number of para-hydroxylation sites is 2. The molecule has 0 saturated carbocycles. The van der Waals surface area contributed by atoms with E-state index in [1.54, 1.807) is 4.57 Å². The molecule has 0 aliphatic carbocycles. The van der Waals surface area contributed by atoms with Gasteiger partial charge in [-0.15, -0.1) is 0 Å². The Morgan fingerprint density at radius 2 is 1.50 bits per heavy atom. The molecular weight excluding hydrogens is 262 g/mol. The van der Waals surface area contributed by atoms with Crippen LogP contribution in [-0.4, -0.2) is 4.57 Å². The lowest BCUT2D eigenvalue weighted by molar-refractivity contribution is 0.537. The van der Waals surface area contributed by atoms with Crippen LogP contribution in [0.15, 0.2) is 59.0 Å². The third-order valence-electron chi connectivity index (χ3n) is 2.71. The second kappa shape index (κ2) is 4.48. The van der Waals surface area contributed by atoms with Crippen LogP contribution in [0.25, 0.3) is 16.7 Å². The first-order valence-electron chi connectivity index (χ1n) is 5.48. The number of fused-ring (bicyclic) bond motifs is 1. The number of benzene rings is 2. The lowest BCUT2D eigenvalue weighted by atomic mass is 10.2. The molecule has 0 atom stereocenters. The van der Waals surface area contributed by atoms with Crippen molar-refractivity contribution in [2.24, 2.45) is 0 Å². The standard InChI is InChI=1S/C14H9NOS2/c17-13-11-8-4-5-9-12(11)16-14(18)15(13)10-6-2-1-3-7-10/h1-9H. The fourth-order valence-corrected chi connectivity index (χ4v) is 2.58. The van der Waals surface area contributed by atoms with Crippen LogP contribution in [0, 0.1) is 9.48 Å². The maximum atomic E-state index is 5.64. The molecule has 2 nitrogen and oxygen atoms in total. The van der Waals surface area contributed by atoms with Crippen LogP contribution in [0.2, 0.25) is 0 Å². The van der Waals surface area contributed by atoms with Gasteiger partial charge in [-0.1, -0.05) is 42.5 Å². The van der Waals surface area contributed by atoms with Crippen molar-refractivity contribution in [3.63, 3.8) is 0 Å². The van der Waals surface area contributed by atoms with Gasteiger partial charge >= 0.3 is 0 Å². The van der Waals surface area contributed by atoms with Crippen molar-refractivity contribution in [1.82, 2.24) is 4.57 Å². The van der Waals surface area contributed by atoms with E-state index < -0.39 is 0 Å². The highest BCUT2D eigenvalue weighted by molar-refractivity contribution is 7.72. The lowest BCUT2D eigenvalue weighted by Gasteiger charge is -2.08. The summed E-state index contributed by atoms with van der Waals surface area (Å²) >= 11 is 10.8. The predicted octanol–water partition coefficient (Wildman–Crippen LogP) is 4.68. The van der Waals surface area contributed by atoms with E-state index in [1.807, 2.05) is 54.6 Å². The molecule has 0 amide bonds. The minimum atomic E-state index is 0.366. The van der Waals surface area contributed by atoms with Gasteiger partial charge in [-0.25, -0.2) is 0 Å². The van der Waals surface area contributed by atoms with Gasteiger partial charge in [0.05, 0.1) is 11.1 Å². The van der Waals surface area contributed by atoms with Crippen LogP contribution in [0.5, 0.6) is 0 Å². The summed E-state index contributed by atoms with van der Waals surface area (Å²) < 4.78 is 8.08. The smallest absolute Gasteiger partial charge is 0.274 e. The first kappa shape index (κ1) is 11.3. The molecule has 0 aliphatic heterocycles. The minimum Gasteiger partial charge on any atom is -0.431 e. The highest BCUT2D eigenvalue weighted by atomic mass is 32.1. The summed E-state index contributed by atoms with van der Waals surface area (Å²) in [5, 5.41) is 0.893. The SMILES string of the molecule is S=c1oc2ccccc2c(=S)n1-c1ccccc1. The van der Waals surface area contributed by atoms with E-state index >= 15 is 0 Å². The number of nitrogens with zero attached hydrogens (tertiary/aromatic N) is 1. The van der Waals surface area contributed by atoms with Crippen molar-refractivity contribution in [1.29, 1.82) is 0 Å². The normalized spacial score (nSPS) is 10.7. The minimum absolute atomic E-state index is 0.366. The molecule has 2 aromatic carbocycles. The Balaban J connectivity index is 2.45. The Kier molecular flexibility index (Phi) is 2.81. The van der Waals surface area contributed by atoms with Gasteiger partial charge < -0.3 is 4.42 Å². The molecule has 88 valence electrons. The van der Waals surface area contributed by atoms with E-state index in [1.165, 1.54) is 0 Å². The molecule has 4 heteroatoms. The Bertz CT molecular complexity index is 818. The molecule has 0 spiro atoms. The maximum absolute atomic E-state index is 5.64. The molecule has 0 fully saturated rings. The fraction of sp³-hybridized carbons (Fsp3) is 0. The molecule has 0 N–H and O–H groups in total. The van der Waals surface area contributed by atoms with Crippen molar-refractivity contribution < 1.29 is 4.42 Å². The highest BCUT2D eigenvalue weighted by Gasteiger charge is 2.05. The van der Waals surface area contributed by atoms with Crippen LogP contribution >= 0.6 is 24.4 Å². The largest absolute Gasteiger partial charge is 0.431 e. The van der Waals surface area contributed by atoms with Gasteiger partial charge in [-0.3, -0.25) is 4.57 Å². The zero-order valence-electron chi connectivity index (χ0n) is 9.37. The van der Waals surface area contributed by atoms with Crippen molar-refractivity contribution in [2.75, 3.05) is 0 Å². The number of hydrogen-bond donors (Lipinski definition) is 0. The maximum Gasteiger partial charge on any atom is 0.274 e. The third kappa shape index (κ3) is 1.79. The summed E-state index contributed by atoms with van der Waals surface area (Å²) in [5.41, 5.74) is 1.64. The monoisotopic (exact) mass is 271 g/mol. The summed E-state index contributed by atoms with van der Waals surface area (Å²) in [6.45, 7) is 0. The van der Waals surface area contributed by atoms with E-state index in [2.05, 4.69) is 0 Å². The molecule has 0 unspecified atom stereocenters. The molecule has 3 aromatic rings. The van der Waals surface area contributed by atoms with Crippen LogP contribution in [-0.2, 0) is 0 Å². The highest BCUT2D eigenvalue weighted by Crippen LogP contribution is 2.19. The Morgan fingerprint density at radius 1 is 0.833 bits per heavy atom. The summed E-state index contributed by atoms with van der Waals surface area (Å²) in [4.78, 5) is 0.366. The molecule has 3 rings (SSSR count). The van der Waals surface area contributed by atoms with Gasteiger partial charge in [0.25, 0.3) is 4.84 Å². The third-order valence-corrected chi connectivity index (χ3v) is 3.38. The second-order valence-electron chi connectivity index (χ2n) is 3.84. The van der Waals surface area contributed by atoms with E-state index in [0.717, 1.165) is 16.7 Å². The average molecular weight is 271 g/mol. The Hall–Kier alpha value is -1.78. The zero-order valence-corrected chi connectivity index (χ0v) is 11.0. The van der Waals surface area contributed by atoms with Crippen molar-refractivity contribution in [2.45, 2.75) is 0 Å².